The van der Waals surface area contributed by atoms with Crippen molar-refractivity contribution in [2.75, 3.05) is 32.8 Å². The molecule has 0 saturated carbocycles. The summed E-state index contributed by atoms with van der Waals surface area (Å²) < 4.78 is 5.41. The monoisotopic (exact) mass is 423 g/mol. The topological polar surface area (TPSA) is 91.4 Å². The third kappa shape index (κ3) is 3.96. The van der Waals surface area contributed by atoms with Gasteiger partial charge < -0.3 is 19.5 Å². The summed E-state index contributed by atoms with van der Waals surface area (Å²) in [5.74, 6) is 0.657. The number of piperidine rings is 1. The first kappa shape index (κ1) is 20.2. The van der Waals surface area contributed by atoms with Crippen LogP contribution in [0.4, 0.5) is 0 Å². The minimum Gasteiger partial charge on any atom is -0.381 e. The average molecular weight is 424 g/mol. The first-order chi connectivity index (χ1) is 15.2. The molecule has 2 fully saturated rings. The average Bonchev–Trinajstić information content (AvgIpc) is 3.33. The number of fused-ring (bicyclic) bond motifs is 1. The summed E-state index contributed by atoms with van der Waals surface area (Å²) in [5.41, 5.74) is 2.72. The van der Waals surface area contributed by atoms with Crippen LogP contribution in [0.25, 0.3) is 0 Å². The predicted molar refractivity (Wildman–Crippen MR) is 113 cm³/mol. The molecule has 0 bridgehead atoms. The van der Waals surface area contributed by atoms with Crippen LogP contribution < -0.4 is 0 Å². The highest BCUT2D eigenvalue weighted by atomic mass is 16.5. The Kier molecular flexibility index (Phi) is 5.72. The maximum Gasteiger partial charge on any atom is 0.256 e. The van der Waals surface area contributed by atoms with Gasteiger partial charge in [-0.3, -0.25) is 14.6 Å². The van der Waals surface area contributed by atoms with Gasteiger partial charge in [-0.1, -0.05) is 0 Å². The molecule has 3 aliphatic rings. The fourth-order valence-electron chi connectivity index (χ4n) is 5.30. The Bertz CT molecular complexity index is 916. The van der Waals surface area contributed by atoms with Crippen molar-refractivity contribution in [2.24, 2.45) is 11.8 Å². The number of aromatic amines is 1. The second-order valence-electron chi connectivity index (χ2n) is 8.75. The number of aromatic nitrogens is 3. The van der Waals surface area contributed by atoms with Gasteiger partial charge in [-0.15, -0.1) is 0 Å². The lowest BCUT2D eigenvalue weighted by Crippen LogP contribution is -2.48. The number of imidazole rings is 1. The summed E-state index contributed by atoms with van der Waals surface area (Å²) in [4.78, 5) is 42.3. The lowest BCUT2D eigenvalue weighted by Gasteiger charge is -2.43. The van der Waals surface area contributed by atoms with Gasteiger partial charge in [0.25, 0.3) is 5.91 Å². The van der Waals surface area contributed by atoms with E-state index in [-0.39, 0.29) is 29.7 Å². The molecule has 1 atom stereocenters. The van der Waals surface area contributed by atoms with Crippen molar-refractivity contribution in [1.82, 2.24) is 24.8 Å². The van der Waals surface area contributed by atoms with Crippen LogP contribution in [-0.2, 0) is 16.0 Å². The molecule has 5 rings (SSSR count). The van der Waals surface area contributed by atoms with Crippen LogP contribution in [0.15, 0.2) is 30.9 Å². The molecule has 3 aliphatic heterocycles. The van der Waals surface area contributed by atoms with Crippen LogP contribution in [0.1, 0.15) is 53.5 Å². The van der Waals surface area contributed by atoms with Crippen molar-refractivity contribution in [3.8, 4) is 0 Å². The molecular weight excluding hydrogens is 394 g/mol. The normalized spacial score (nSPS) is 22.9. The van der Waals surface area contributed by atoms with E-state index in [0.717, 1.165) is 56.6 Å². The molecule has 1 N–H and O–H groups in total. The SMILES string of the molecule is O=C(C1CCOCC1)N1CCC(C2c3nc[nH]c3CCN2C(=O)c2cccnc2)CC1. The zero-order chi connectivity index (χ0) is 21.2. The summed E-state index contributed by atoms with van der Waals surface area (Å²) in [5, 5.41) is 0. The van der Waals surface area contributed by atoms with E-state index in [1.54, 1.807) is 24.8 Å². The van der Waals surface area contributed by atoms with E-state index in [2.05, 4.69) is 15.0 Å². The van der Waals surface area contributed by atoms with Gasteiger partial charge in [0.1, 0.15) is 0 Å². The largest absolute Gasteiger partial charge is 0.381 e. The Hall–Kier alpha value is -2.74. The van der Waals surface area contributed by atoms with E-state index in [4.69, 9.17) is 4.74 Å². The number of hydrogen-bond donors (Lipinski definition) is 1. The first-order valence-corrected chi connectivity index (χ1v) is 11.3. The zero-order valence-electron chi connectivity index (χ0n) is 17.7. The van der Waals surface area contributed by atoms with Crippen LogP contribution in [0.2, 0.25) is 0 Å². The minimum absolute atomic E-state index is 0.00691. The molecule has 5 heterocycles. The molecule has 8 heteroatoms. The van der Waals surface area contributed by atoms with Crippen molar-refractivity contribution >= 4 is 11.8 Å². The maximum atomic E-state index is 13.3. The van der Waals surface area contributed by atoms with Crippen molar-refractivity contribution in [3.63, 3.8) is 0 Å². The molecule has 2 aromatic heterocycles. The number of likely N-dealkylation sites (tertiary alicyclic amines) is 1. The summed E-state index contributed by atoms with van der Waals surface area (Å²) in [6.07, 6.45) is 9.23. The molecule has 2 amide bonds. The van der Waals surface area contributed by atoms with Gasteiger partial charge in [0, 0.05) is 63.3 Å². The third-order valence-electron chi connectivity index (χ3n) is 7.01. The second-order valence-corrected chi connectivity index (χ2v) is 8.75. The second kappa shape index (κ2) is 8.78. The number of nitrogens with zero attached hydrogens (tertiary/aromatic N) is 4. The standard InChI is InChI=1S/C23H29N5O3/c29-22(17-6-12-31-13-7-17)27-9-3-16(4-10-27)21-20-19(25-15-26-20)5-11-28(21)23(30)18-2-1-8-24-14-18/h1-2,8,14-17,21H,3-7,9-13H2,(H,25,26). The lowest BCUT2D eigenvalue weighted by atomic mass is 9.83. The number of rotatable bonds is 3. The quantitative estimate of drug-likeness (QED) is 0.817. The minimum atomic E-state index is -0.0666. The Morgan fingerprint density at radius 1 is 1.10 bits per heavy atom. The van der Waals surface area contributed by atoms with E-state index in [0.29, 0.717) is 25.3 Å². The molecule has 0 radical (unpaired) electrons. The van der Waals surface area contributed by atoms with E-state index < -0.39 is 0 Å². The van der Waals surface area contributed by atoms with Crippen LogP contribution >= 0.6 is 0 Å². The highest BCUT2D eigenvalue weighted by Gasteiger charge is 2.40. The van der Waals surface area contributed by atoms with Gasteiger partial charge in [-0.25, -0.2) is 4.98 Å². The smallest absolute Gasteiger partial charge is 0.256 e. The highest BCUT2D eigenvalue weighted by Crippen LogP contribution is 2.39. The molecule has 0 aromatic carbocycles. The maximum absolute atomic E-state index is 13.3. The number of carbonyl (C=O) groups excluding carboxylic acids is 2. The van der Waals surface area contributed by atoms with Crippen LogP contribution in [0.3, 0.4) is 0 Å². The molecule has 8 nitrogen and oxygen atoms in total. The van der Waals surface area contributed by atoms with Crippen molar-refractivity contribution in [2.45, 2.75) is 38.1 Å². The molecular formula is C23H29N5O3. The molecule has 2 aromatic rings. The molecule has 0 aliphatic carbocycles. The van der Waals surface area contributed by atoms with Crippen LogP contribution in [-0.4, -0.2) is 69.4 Å². The predicted octanol–water partition coefficient (Wildman–Crippen LogP) is 2.21. The Balaban J connectivity index is 1.32. The number of carbonyl (C=O) groups is 2. The first-order valence-electron chi connectivity index (χ1n) is 11.3. The van der Waals surface area contributed by atoms with Gasteiger partial charge in [0.2, 0.25) is 5.91 Å². The number of H-pyrrole nitrogens is 1. The molecule has 164 valence electrons. The van der Waals surface area contributed by atoms with Gasteiger partial charge in [0.05, 0.1) is 23.6 Å². The molecule has 0 spiro atoms. The summed E-state index contributed by atoms with van der Waals surface area (Å²) in [6, 6.07) is 3.55. The van der Waals surface area contributed by atoms with E-state index in [1.807, 2.05) is 15.9 Å². The Morgan fingerprint density at radius 3 is 2.65 bits per heavy atom. The lowest BCUT2D eigenvalue weighted by molar-refractivity contribution is -0.140. The fraction of sp³-hybridized carbons (Fsp3) is 0.565. The summed E-state index contributed by atoms with van der Waals surface area (Å²) in [6.45, 7) is 3.51. The number of hydrogen-bond acceptors (Lipinski definition) is 5. The Morgan fingerprint density at radius 2 is 1.90 bits per heavy atom. The van der Waals surface area contributed by atoms with Crippen molar-refractivity contribution in [1.29, 1.82) is 0 Å². The highest BCUT2D eigenvalue weighted by molar-refractivity contribution is 5.94. The van der Waals surface area contributed by atoms with Crippen LogP contribution in [0.5, 0.6) is 0 Å². The number of pyridine rings is 1. The number of nitrogens with one attached hydrogen (secondary N) is 1. The van der Waals surface area contributed by atoms with Crippen LogP contribution in [0, 0.1) is 11.8 Å². The van der Waals surface area contributed by atoms with Crippen molar-refractivity contribution < 1.29 is 14.3 Å². The summed E-state index contributed by atoms with van der Waals surface area (Å²) >= 11 is 0. The molecule has 31 heavy (non-hydrogen) atoms. The van der Waals surface area contributed by atoms with Gasteiger partial charge in [-0.05, 0) is 43.7 Å². The third-order valence-corrected chi connectivity index (χ3v) is 7.01. The summed E-state index contributed by atoms with van der Waals surface area (Å²) in [7, 11) is 0. The van der Waals surface area contributed by atoms with Gasteiger partial charge in [0.15, 0.2) is 0 Å². The van der Waals surface area contributed by atoms with E-state index in [1.165, 1.54) is 0 Å². The molecule has 1 unspecified atom stereocenters. The van der Waals surface area contributed by atoms with Gasteiger partial charge >= 0.3 is 0 Å². The zero-order valence-corrected chi connectivity index (χ0v) is 17.7. The fourth-order valence-corrected chi connectivity index (χ4v) is 5.30. The van der Waals surface area contributed by atoms with Crippen molar-refractivity contribution in [3.05, 3.63) is 47.8 Å². The number of ether oxygens (including phenoxy) is 1. The number of amides is 2. The van der Waals surface area contributed by atoms with E-state index in [9.17, 15) is 9.59 Å². The Labute approximate surface area is 182 Å². The van der Waals surface area contributed by atoms with Gasteiger partial charge in [-0.2, -0.15) is 0 Å². The van der Waals surface area contributed by atoms with E-state index >= 15 is 0 Å². The molecule has 2 saturated heterocycles.